The van der Waals surface area contributed by atoms with E-state index in [0.717, 1.165) is 24.9 Å². The molecule has 0 aliphatic carbocycles. The van der Waals surface area contributed by atoms with Gasteiger partial charge in [-0.2, -0.15) is 0 Å². The molecule has 132 valence electrons. The number of esters is 1. The predicted molar refractivity (Wildman–Crippen MR) is 85.7 cm³/mol. The molecule has 2 rings (SSSR count). The van der Waals surface area contributed by atoms with Gasteiger partial charge in [0.25, 0.3) is 0 Å². The van der Waals surface area contributed by atoms with Crippen LogP contribution in [0.3, 0.4) is 0 Å². The molecule has 7 heteroatoms. The van der Waals surface area contributed by atoms with Crippen molar-refractivity contribution < 1.29 is 23.5 Å². The molecule has 1 aliphatic heterocycles. The maximum absolute atomic E-state index is 13.0. The first-order valence-corrected chi connectivity index (χ1v) is 7.92. The standard InChI is InChI=1S/C17H23FN2O4/c1-23-15(17(22)24-2)10-19-16(21)14-4-3-9-20(14)11-12-5-7-13(18)8-6-12/h5-8,14-15H,3-4,9-11H2,1-2H3,(H,19,21). The van der Waals surface area contributed by atoms with Crippen molar-refractivity contribution in [1.82, 2.24) is 10.2 Å². The van der Waals surface area contributed by atoms with Crippen LogP contribution in [0, 0.1) is 5.82 Å². The first kappa shape index (κ1) is 18.4. The highest BCUT2D eigenvalue weighted by Gasteiger charge is 2.31. The maximum Gasteiger partial charge on any atom is 0.336 e. The smallest absolute Gasteiger partial charge is 0.336 e. The highest BCUT2D eigenvalue weighted by Crippen LogP contribution is 2.20. The van der Waals surface area contributed by atoms with Gasteiger partial charge in [-0.15, -0.1) is 0 Å². The van der Waals surface area contributed by atoms with Gasteiger partial charge in [0.05, 0.1) is 19.7 Å². The molecule has 1 amide bonds. The fraction of sp³-hybridized carbons (Fsp3) is 0.529. The van der Waals surface area contributed by atoms with Gasteiger partial charge in [-0.1, -0.05) is 12.1 Å². The monoisotopic (exact) mass is 338 g/mol. The van der Waals surface area contributed by atoms with Gasteiger partial charge in [0.2, 0.25) is 5.91 Å². The number of nitrogens with zero attached hydrogens (tertiary/aromatic N) is 1. The van der Waals surface area contributed by atoms with E-state index in [4.69, 9.17) is 4.74 Å². The lowest BCUT2D eigenvalue weighted by Gasteiger charge is -2.24. The summed E-state index contributed by atoms with van der Waals surface area (Å²) in [6, 6.07) is 6.02. The molecule has 1 aromatic carbocycles. The zero-order valence-corrected chi connectivity index (χ0v) is 14.0. The summed E-state index contributed by atoms with van der Waals surface area (Å²) in [6.45, 7) is 1.46. The molecule has 0 radical (unpaired) electrons. The number of ether oxygens (including phenoxy) is 2. The first-order valence-electron chi connectivity index (χ1n) is 7.92. The number of methoxy groups -OCH3 is 2. The SMILES string of the molecule is COC(=O)C(CNC(=O)C1CCCN1Cc1ccc(F)cc1)OC. The van der Waals surface area contributed by atoms with E-state index in [1.165, 1.54) is 26.4 Å². The van der Waals surface area contributed by atoms with Crippen molar-refractivity contribution >= 4 is 11.9 Å². The van der Waals surface area contributed by atoms with Crippen LogP contribution >= 0.6 is 0 Å². The molecule has 6 nitrogen and oxygen atoms in total. The minimum absolute atomic E-state index is 0.0723. The molecule has 0 aromatic heterocycles. The zero-order valence-electron chi connectivity index (χ0n) is 14.0. The van der Waals surface area contributed by atoms with Gasteiger partial charge in [-0.3, -0.25) is 9.69 Å². The third-order valence-electron chi connectivity index (χ3n) is 4.18. The van der Waals surface area contributed by atoms with Crippen molar-refractivity contribution in [2.45, 2.75) is 31.5 Å². The van der Waals surface area contributed by atoms with E-state index in [9.17, 15) is 14.0 Å². The number of benzene rings is 1. The Kier molecular flexibility index (Phi) is 6.69. The molecule has 1 saturated heterocycles. The Morgan fingerprint density at radius 1 is 1.33 bits per heavy atom. The first-order chi connectivity index (χ1) is 11.5. The van der Waals surface area contributed by atoms with Crippen molar-refractivity contribution in [1.29, 1.82) is 0 Å². The van der Waals surface area contributed by atoms with Gasteiger partial charge in [-0.25, -0.2) is 9.18 Å². The molecule has 1 N–H and O–H groups in total. The second-order valence-corrected chi connectivity index (χ2v) is 5.75. The van der Waals surface area contributed by atoms with Gasteiger partial charge in [-0.05, 0) is 37.1 Å². The Morgan fingerprint density at radius 3 is 2.67 bits per heavy atom. The molecule has 0 bridgehead atoms. The maximum atomic E-state index is 13.0. The molecule has 2 unspecified atom stereocenters. The van der Waals surface area contributed by atoms with Crippen LogP contribution in [-0.4, -0.2) is 56.2 Å². The minimum Gasteiger partial charge on any atom is -0.467 e. The normalized spacial score (nSPS) is 19.0. The van der Waals surface area contributed by atoms with Crippen molar-refractivity contribution in [2.24, 2.45) is 0 Å². The Hall–Kier alpha value is -1.99. The summed E-state index contributed by atoms with van der Waals surface area (Å²) in [7, 11) is 2.67. The number of halogens is 1. The lowest BCUT2D eigenvalue weighted by molar-refractivity contribution is -0.152. The van der Waals surface area contributed by atoms with E-state index in [2.05, 4.69) is 15.0 Å². The van der Waals surface area contributed by atoms with Gasteiger partial charge in [0.1, 0.15) is 5.82 Å². The van der Waals surface area contributed by atoms with E-state index < -0.39 is 12.1 Å². The van der Waals surface area contributed by atoms with Crippen LogP contribution in [0.5, 0.6) is 0 Å². The highest BCUT2D eigenvalue weighted by atomic mass is 19.1. The summed E-state index contributed by atoms with van der Waals surface area (Å²) in [5.74, 6) is -0.934. The van der Waals surface area contributed by atoms with E-state index >= 15 is 0 Å². The topological polar surface area (TPSA) is 67.9 Å². The van der Waals surface area contributed by atoms with E-state index in [1.807, 2.05) is 0 Å². The molecular formula is C17H23FN2O4. The van der Waals surface area contributed by atoms with Gasteiger partial charge < -0.3 is 14.8 Å². The van der Waals surface area contributed by atoms with Crippen molar-refractivity contribution in [3.05, 3.63) is 35.6 Å². The molecule has 1 aliphatic rings. The molecule has 1 fully saturated rings. The number of nitrogens with one attached hydrogen (secondary N) is 1. The highest BCUT2D eigenvalue weighted by molar-refractivity contribution is 5.83. The van der Waals surface area contributed by atoms with Crippen molar-refractivity contribution in [2.75, 3.05) is 27.3 Å². The lowest BCUT2D eigenvalue weighted by Crippen LogP contribution is -2.46. The number of likely N-dealkylation sites (tertiary alicyclic amines) is 1. The summed E-state index contributed by atoms with van der Waals surface area (Å²) in [5.41, 5.74) is 0.959. The quantitative estimate of drug-likeness (QED) is 0.754. The van der Waals surface area contributed by atoms with Crippen LogP contribution in [0.4, 0.5) is 4.39 Å². The minimum atomic E-state index is -0.814. The summed E-state index contributed by atoms with van der Waals surface area (Å²) in [5, 5.41) is 2.75. The van der Waals surface area contributed by atoms with Crippen molar-refractivity contribution in [3.63, 3.8) is 0 Å². The largest absolute Gasteiger partial charge is 0.467 e. The molecule has 24 heavy (non-hydrogen) atoms. The third-order valence-corrected chi connectivity index (χ3v) is 4.18. The number of hydrogen-bond donors (Lipinski definition) is 1. The van der Waals surface area contributed by atoms with Gasteiger partial charge in [0, 0.05) is 13.7 Å². The number of hydrogen-bond acceptors (Lipinski definition) is 5. The lowest BCUT2D eigenvalue weighted by atomic mass is 10.1. The second-order valence-electron chi connectivity index (χ2n) is 5.75. The summed E-state index contributed by atoms with van der Waals surface area (Å²) in [4.78, 5) is 25.9. The molecule has 0 saturated carbocycles. The van der Waals surface area contributed by atoms with Crippen LogP contribution in [0.15, 0.2) is 24.3 Å². The second kappa shape index (κ2) is 8.75. The predicted octanol–water partition coefficient (Wildman–Crippen LogP) is 1.09. The zero-order chi connectivity index (χ0) is 17.5. The number of rotatable bonds is 7. The number of carbonyl (C=O) groups is 2. The van der Waals surface area contributed by atoms with Crippen LogP contribution in [-0.2, 0) is 25.6 Å². The summed E-state index contributed by atoms with van der Waals surface area (Å²) < 4.78 is 22.6. The molecular weight excluding hydrogens is 315 g/mol. The fourth-order valence-corrected chi connectivity index (χ4v) is 2.84. The average molecular weight is 338 g/mol. The van der Waals surface area contributed by atoms with Crippen LogP contribution in [0.2, 0.25) is 0 Å². The molecule has 0 spiro atoms. The number of amides is 1. The summed E-state index contributed by atoms with van der Waals surface area (Å²) >= 11 is 0. The molecule has 1 heterocycles. The average Bonchev–Trinajstić information content (AvgIpc) is 3.05. The molecule has 1 aromatic rings. The number of carbonyl (C=O) groups excluding carboxylic acids is 2. The van der Waals surface area contributed by atoms with Crippen LogP contribution in [0.25, 0.3) is 0 Å². The van der Waals surface area contributed by atoms with Gasteiger partial charge in [0.15, 0.2) is 6.10 Å². The van der Waals surface area contributed by atoms with E-state index in [1.54, 1.807) is 12.1 Å². The van der Waals surface area contributed by atoms with E-state index in [0.29, 0.717) is 6.54 Å². The summed E-state index contributed by atoms with van der Waals surface area (Å²) in [6.07, 6.45) is 0.860. The van der Waals surface area contributed by atoms with Crippen LogP contribution in [0.1, 0.15) is 18.4 Å². The van der Waals surface area contributed by atoms with E-state index in [-0.39, 0.29) is 24.3 Å². The third kappa shape index (κ3) is 4.75. The Morgan fingerprint density at radius 2 is 2.04 bits per heavy atom. The Labute approximate surface area is 140 Å². The Balaban J connectivity index is 1.90. The van der Waals surface area contributed by atoms with Gasteiger partial charge >= 0.3 is 5.97 Å². The Bertz CT molecular complexity index is 564. The molecule has 2 atom stereocenters. The van der Waals surface area contributed by atoms with Crippen molar-refractivity contribution in [3.8, 4) is 0 Å². The fourth-order valence-electron chi connectivity index (χ4n) is 2.84. The van der Waals surface area contributed by atoms with Crippen LogP contribution < -0.4 is 5.32 Å².